The first kappa shape index (κ1) is 19.7. The Balaban J connectivity index is 2.16. The second kappa shape index (κ2) is 13.2. The third-order valence-corrected chi connectivity index (χ3v) is 4.21. The molecule has 0 N–H and O–H groups in total. The zero-order chi connectivity index (χ0) is 16.8. The van der Waals surface area contributed by atoms with Crippen molar-refractivity contribution in [1.82, 2.24) is 0 Å². The Bertz CT molecular complexity index is 408. The van der Waals surface area contributed by atoms with Gasteiger partial charge in [0.2, 0.25) is 0 Å². The Morgan fingerprint density at radius 2 is 1.35 bits per heavy atom. The van der Waals surface area contributed by atoms with E-state index in [2.05, 4.69) is 26.0 Å². The number of aryl methyl sites for hydroxylation is 1. The highest BCUT2D eigenvalue weighted by Gasteiger charge is 2.04. The van der Waals surface area contributed by atoms with E-state index in [9.17, 15) is 4.79 Å². The maximum Gasteiger partial charge on any atom is 0.311 e. The van der Waals surface area contributed by atoms with Gasteiger partial charge in [0.1, 0.15) is 5.75 Å². The normalized spacial score (nSPS) is 10.7. The van der Waals surface area contributed by atoms with E-state index in [0.717, 1.165) is 25.7 Å². The first-order valence-corrected chi connectivity index (χ1v) is 9.56. The van der Waals surface area contributed by atoms with Crippen molar-refractivity contribution in [2.75, 3.05) is 0 Å². The summed E-state index contributed by atoms with van der Waals surface area (Å²) in [6.45, 7) is 4.39. The van der Waals surface area contributed by atoms with Gasteiger partial charge in [0.15, 0.2) is 0 Å². The molecule has 0 bridgehead atoms. The number of carbonyl (C=O) groups excluding carboxylic acids is 1. The molecule has 0 radical (unpaired) electrons. The summed E-state index contributed by atoms with van der Waals surface area (Å²) < 4.78 is 5.36. The maximum atomic E-state index is 11.7. The lowest BCUT2D eigenvalue weighted by atomic mass is 10.0. The molecule has 2 nitrogen and oxygen atoms in total. The standard InChI is InChI=1S/C21H34O2/c1-3-5-7-8-9-10-12-13-19-15-17-20(18-16-19)23-21(22)14-11-6-4-2/h15-18H,3-14H2,1-2H3. The molecule has 2 heteroatoms. The number of rotatable bonds is 13. The molecule has 0 aromatic heterocycles. The third-order valence-electron chi connectivity index (χ3n) is 4.21. The average molecular weight is 319 g/mol. The van der Waals surface area contributed by atoms with Gasteiger partial charge in [-0.1, -0.05) is 77.3 Å². The predicted molar refractivity (Wildman–Crippen MR) is 97.9 cm³/mol. The van der Waals surface area contributed by atoms with E-state index in [1.807, 2.05) is 12.1 Å². The lowest BCUT2D eigenvalue weighted by molar-refractivity contribution is -0.134. The average Bonchev–Trinajstić information content (AvgIpc) is 2.56. The second-order valence-electron chi connectivity index (χ2n) is 6.45. The van der Waals surface area contributed by atoms with Crippen molar-refractivity contribution in [2.24, 2.45) is 0 Å². The van der Waals surface area contributed by atoms with Gasteiger partial charge in [0.25, 0.3) is 0 Å². The summed E-state index contributed by atoms with van der Waals surface area (Å²) in [6, 6.07) is 8.03. The molecule has 0 spiro atoms. The maximum absolute atomic E-state index is 11.7. The van der Waals surface area contributed by atoms with Crippen molar-refractivity contribution in [3.63, 3.8) is 0 Å². The molecule has 0 atom stereocenters. The van der Waals surface area contributed by atoms with Crippen LogP contribution in [0.2, 0.25) is 0 Å². The Morgan fingerprint density at radius 1 is 0.783 bits per heavy atom. The largest absolute Gasteiger partial charge is 0.427 e. The number of unbranched alkanes of at least 4 members (excludes halogenated alkanes) is 8. The zero-order valence-electron chi connectivity index (χ0n) is 15.1. The van der Waals surface area contributed by atoms with E-state index in [1.54, 1.807) is 0 Å². The van der Waals surface area contributed by atoms with E-state index >= 15 is 0 Å². The summed E-state index contributed by atoms with van der Waals surface area (Å²) in [6.07, 6.45) is 14.2. The smallest absolute Gasteiger partial charge is 0.311 e. The van der Waals surface area contributed by atoms with Gasteiger partial charge in [-0.05, 0) is 37.0 Å². The molecule has 1 aromatic carbocycles. The second-order valence-corrected chi connectivity index (χ2v) is 6.45. The summed E-state index contributed by atoms with van der Waals surface area (Å²) in [4.78, 5) is 11.7. The van der Waals surface area contributed by atoms with Gasteiger partial charge in [0.05, 0.1) is 0 Å². The van der Waals surface area contributed by atoms with E-state index in [0.29, 0.717) is 12.2 Å². The molecule has 130 valence electrons. The van der Waals surface area contributed by atoms with Gasteiger partial charge in [-0.25, -0.2) is 0 Å². The van der Waals surface area contributed by atoms with Crippen molar-refractivity contribution in [3.8, 4) is 5.75 Å². The molecule has 0 saturated carbocycles. The SMILES string of the molecule is CCCCCCCCCc1ccc(OC(=O)CCCCC)cc1. The Morgan fingerprint density at radius 3 is 2.00 bits per heavy atom. The summed E-state index contributed by atoms with van der Waals surface area (Å²) in [7, 11) is 0. The number of carbonyl (C=O) groups is 1. The van der Waals surface area contributed by atoms with Gasteiger partial charge in [-0.15, -0.1) is 0 Å². The molecular weight excluding hydrogens is 284 g/mol. The molecule has 0 fully saturated rings. The van der Waals surface area contributed by atoms with Crippen LogP contribution in [0.5, 0.6) is 5.75 Å². The van der Waals surface area contributed by atoms with Crippen molar-refractivity contribution in [2.45, 2.75) is 90.9 Å². The molecule has 0 aliphatic heterocycles. The predicted octanol–water partition coefficient (Wildman–Crippen LogP) is 6.47. The lowest BCUT2D eigenvalue weighted by Gasteiger charge is -2.06. The summed E-state index contributed by atoms with van der Waals surface area (Å²) in [5, 5.41) is 0. The van der Waals surface area contributed by atoms with Crippen molar-refractivity contribution in [1.29, 1.82) is 0 Å². The van der Waals surface area contributed by atoms with E-state index < -0.39 is 0 Å². The Hall–Kier alpha value is -1.31. The van der Waals surface area contributed by atoms with Crippen molar-refractivity contribution >= 4 is 5.97 Å². The summed E-state index contributed by atoms with van der Waals surface area (Å²) in [5.74, 6) is 0.563. The van der Waals surface area contributed by atoms with E-state index in [1.165, 1.54) is 50.5 Å². The third kappa shape index (κ3) is 10.1. The van der Waals surface area contributed by atoms with Gasteiger partial charge < -0.3 is 4.74 Å². The van der Waals surface area contributed by atoms with Crippen LogP contribution >= 0.6 is 0 Å². The molecular formula is C21H34O2. The molecule has 0 aliphatic carbocycles. The molecule has 0 aliphatic rings. The van der Waals surface area contributed by atoms with Gasteiger partial charge in [-0.2, -0.15) is 0 Å². The molecule has 1 rings (SSSR count). The topological polar surface area (TPSA) is 26.3 Å². The van der Waals surface area contributed by atoms with Gasteiger partial charge in [-0.3, -0.25) is 4.79 Å². The fraction of sp³-hybridized carbons (Fsp3) is 0.667. The highest BCUT2D eigenvalue weighted by molar-refractivity contribution is 5.72. The fourth-order valence-electron chi connectivity index (χ4n) is 2.71. The summed E-state index contributed by atoms with van der Waals surface area (Å²) in [5.41, 5.74) is 1.34. The minimum Gasteiger partial charge on any atom is -0.427 e. The van der Waals surface area contributed by atoms with Crippen LogP contribution in [0.15, 0.2) is 24.3 Å². The fourth-order valence-corrected chi connectivity index (χ4v) is 2.71. The molecule has 0 heterocycles. The van der Waals surface area contributed by atoms with E-state index in [-0.39, 0.29) is 5.97 Å². The highest BCUT2D eigenvalue weighted by atomic mass is 16.5. The monoisotopic (exact) mass is 318 g/mol. The van der Waals surface area contributed by atoms with Crippen LogP contribution in [-0.4, -0.2) is 5.97 Å². The number of ether oxygens (including phenoxy) is 1. The molecule has 0 unspecified atom stereocenters. The number of esters is 1. The van der Waals surface area contributed by atoms with Crippen LogP contribution in [0.1, 0.15) is 90.0 Å². The summed E-state index contributed by atoms with van der Waals surface area (Å²) >= 11 is 0. The highest BCUT2D eigenvalue weighted by Crippen LogP contribution is 2.16. The zero-order valence-corrected chi connectivity index (χ0v) is 15.1. The van der Waals surface area contributed by atoms with Crippen molar-refractivity contribution < 1.29 is 9.53 Å². The number of benzene rings is 1. The van der Waals surface area contributed by atoms with E-state index in [4.69, 9.17) is 4.74 Å². The minimum absolute atomic E-state index is 0.113. The molecule has 23 heavy (non-hydrogen) atoms. The van der Waals surface area contributed by atoms with Crippen LogP contribution in [-0.2, 0) is 11.2 Å². The molecule has 1 aromatic rings. The first-order valence-electron chi connectivity index (χ1n) is 9.56. The van der Waals surface area contributed by atoms with Gasteiger partial charge >= 0.3 is 5.97 Å². The Labute approximate surface area is 142 Å². The van der Waals surface area contributed by atoms with Gasteiger partial charge in [0, 0.05) is 6.42 Å². The van der Waals surface area contributed by atoms with Crippen LogP contribution in [0, 0.1) is 0 Å². The molecule has 0 amide bonds. The number of hydrogen-bond donors (Lipinski definition) is 0. The van der Waals surface area contributed by atoms with Crippen LogP contribution < -0.4 is 4.74 Å². The van der Waals surface area contributed by atoms with Crippen molar-refractivity contribution in [3.05, 3.63) is 29.8 Å². The first-order chi connectivity index (χ1) is 11.3. The molecule has 0 saturated heterocycles. The minimum atomic E-state index is -0.113. The lowest BCUT2D eigenvalue weighted by Crippen LogP contribution is -2.07. The Kier molecular flexibility index (Phi) is 11.3. The van der Waals surface area contributed by atoms with Crippen LogP contribution in [0.3, 0.4) is 0 Å². The van der Waals surface area contributed by atoms with Crippen LogP contribution in [0.4, 0.5) is 0 Å². The number of hydrogen-bond acceptors (Lipinski definition) is 2. The van der Waals surface area contributed by atoms with Crippen LogP contribution in [0.25, 0.3) is 0 Å². The quantitative estimate of drug-likeness (QED) is 0.237.